The Bertz CT molecular complexity index is 999. The summed E-state index contributed by atoms with van der Waals surface area (Å²) in [6, 6.07) is 8.33. The van der Waals surface area contributed by atoms with Gasteiger partial charge in [-0.15, -0.1) is 0 Å². The molecule has 1 aromatic carbocycles. The van der Waals surface area contributed by atoms with Gasteiger partial charge in [-0.3, -0.25) is 9.47 Å². The number of aromatic hydroxyl groups is 1. The molecule has 3 heterocycles. The van der Waals surface area contributed by atoms with E-state index in [9.17, 15) is 5.11 Å². The van der Waals surface area contributed by atoms with Crippen molar-refractivity contribution in [3.05, 3.63) is 46.2 Å². The molecule has 2 aromatic rings. The van der Waals surface area contributed by atoms with Gasteiger partial charge in [0.15, 0.2) is 10.8 Å². The highest BCUT2D eigenvalue weighted by molar-refractivity contribution is 5.37. The van der Waals surface area contributed by atoms with Crippen molar-refractivity contribution in [2.24, 2.45) is 10.7 Å². The van der Waals surface area contributed by atoms with E-state index < -0.39 is 6.35 Å². The fourth-order valence-corrected chi connectivity index (χ4v) is 3.95. The molecule has 0 bridgehead atoms. The molecule has 30 heavy (non-hydrogen) atoms. The molecule has 1 unspecified atom stereocenters. The van der Waals surface area contributed by atoms with Crippen LogP contribution in [0.15, 0.2) is 29.3 Å². The Labute approximate surface area is 176 Å². The molecule has 0 spiro atoms. The molecule has 1 aromatic heterocycles. The van der Waals surface area contributed by atoms with Gasteiger partial charge < -0.3 is 25.2 Å². The van der Waals surface area contributed by atoms with Crippen LogP contribution in [0.2, 0.25) is 0 Å². The SMILES string of the molecule is COCCOC1N=c2c(nc(O)n2Cc2cccc(CN3CCCC3)c2)=C(N)N1C. The highest BCUT2D eigenvalue weighted by Crippen LogP contribution is 2.15. The number of benzene rings is 1. The Balaban J connectivity index is 1.60. The van der Waals surface area contributed by atoms with Gasteiger partial charge in [-0.2, -0.15) is 4.98 Å². The molecule has 9 nitrogen and oxygen atoms in total. The van der Waals surface area contributed by atoms with Crippen LogP contribution in [0, 0.1) is 0 Å². The number of rotatable bonds is 8. The number of aromatic nitrogens is 2. The van der Waals surface area contributed by atoms with E-state index in [1.165, 1.54) is 18.4 Å². The van der Waals surface area contributed by atoms with Crippen LogP contribution in [-0.2, 0) is 22.6 Å². The van der Waals surface area contributed by atoms with E-state index >= 15 is 0 Å². The molecule has 1 atom stereocenters. The Morgan fingerprint density at radius 3 is 2.63 bits per heavy atom. The number of nitrogens with zero attached hydrogens (tertiary/aromatic N) is 5. The van der Waals surface area contributed by atoms with Crippen molar-refractivity contribution in [1.82, 2.24) is 19.4 Å². The first-order chi connectivity index (χ1) is 14.6. The van der Waals surface area contributed by atoms with Gasteiger partial charge in [-0.25, -0.2) is 4.99 Å². The topological polar surface area (TPSA) is 101 Å². The Kier molecular flexibility index (Phi) is 6.21. The zero-order chi connectivity index (χ0) is 21.1. The summed E-state index contributed by atoms with van der Waals surface area (Å²) >= 11 is 0. The van der Waals surface area contributed by atoms with Gasteiger partial charge in [0.2, 0.25) is 6.35 Å². The van der Waals surface area contributed by atoms with Crippen molar-refractivity contribution in [3.63, 3.8) is 0 Å². The van der Waals surface area contributed by atoms with E-state index in [4.69, 9.17) is 15.2 Å². The molecule has 1 fully saturated rings. The predicted octanol–water partition coefficient (Wildman–Crippen LogP) is -0.231. The van der Waals surface area contributed by atoms with Crippen molar-refractivity contribution in [1.29, 1.82) is 0 Å². The minimum absolute atomic E-state index is 0.109. The molecule has 0 radical (unpaired) electrons. The maximum Gasteiger partial charge on any atom is 0.296 e. The summed E-state index contributed by atoms with van der Waals surface area (Å²) in [4.78, 5) is 13.1. The number of fused-ring (bicyclic) bond motifs is 1. The molecule has 9 heteroatoms. The summed E-state index contributed by atoms with van der Waals surface area (Å²) in [5.41, 5.74) is 9.12. The number of hydrogen-bond donors (Lipinski definition) is 2. The lowest BCUT2D eigenvalue weighted by Gasteiger charge is -2.28. The Hall–Kier alpha value is -2.62. The lowest BCUT2D eigenvalue weighted by Crippen LogP contribution is -2.49. The van der Waals surface area contributed by atoms with Crippen molar-refractivity contribution in [3.8, 4) is 6.01 Å². The first kappa shape index (κ1) is 20.6. The normalized spacial score (nSPS) is 19.2. The standard InChI is InChI=1S/C21H30N6O3/c1-25-18(22)17-19(24-21(25)30-11-10-29-2)27(20(28)23-17)14-16-7-5-6-15(12-16)13-26-8-3-4-9-26/h5-7,12,21H,3-4,8-11,13-14,22H2,1-2H3,(H,23,28). The van der Waals surface area contributed by atoms with E-state index in [1.807, 2.05) is 6.07 Å². The van der Waals surface area contributed by atoms with E-state index in [2.05, 4.69) is 33.1 Å². The van der Waals surface area contributed by atoms with Gasteiger partial charge in [-0.1, -0.05) is 24.3 Å². The summed E-state index contributed by atoms with van der Waals surface area (Å²) < 4.78 is 12.5. The fraction of sp³-hybridized carbons (Fsp3) is 0.524. The Morgan fingerprint density at radius 2 is 1.90 bits per heavy atom. The summed E-state index contributed by atoms with van der Waals surface area (Å²) in [6.45, 7) is 4.57. The number of methoxy groups -OCH3 is 1. The van der Waals surface area contributed by atoms with Crippen LogP contribution < -0.4 is 16.6 Å². The minimum Gasteiger partial charge on any atom is -0.480 e. The summed E-state index contributed by atoms with van der Waals surface area (Å²) in [5.74, 6) is 0.416. The van der Waals surface area contributed by atoms with Gasteiger partial charge in [0.05, 0.1) is 19.8 Å². The van der Waals surface area contributed by atoms with Crippen LogP contribution in [0.3, 0.4) is 0 Å². The molecule has 162 valence electrons. The number of imidazole rings is 1. The summed E-state index contributed by atoms with van der Waals surface area (Å²) in [7, 11) is 3.41. The van der Waals surface area contributed by atoms with E-state index in [-0.39, 0.29) is 6.01 Å². The zero-order valence-electron chi connectivity index (χ0n) is 17.6. The van der Waals surface area contributed by atoms with Gasteiger partial charge in [0.1, 0.15) is 5.82 Å². The number of ether oxygens (including phenoxy) is 2. The maximum atomic E-state index is 10.5. The van der Waals surface area contributed by atoms with Crippen molar-refractivity contribution >= 4 is 5.82 Å². The largest absolute Gasteiger partial charge is 0.480 e. The number of likely N-dealkylation sites (tertiary alicyclic amines) is 1. The summed E-state index contributed by atoms with van der Waals surface area (Å²) in [6.07, 6.45) is 1.95. The third kappa shape index (κ3) is 4.28. The highest BCUT2D eigenvalue weighted by atomic mass is 16.5. The van der Waals surface area contributed by atoms with E-state index in [0.29, 0.717) is 36.4 Å². The molecule has 2 aliphatic rings. The fourth-order valence-electron chi connectivity index (χ4n) is 3.95. The smallest absolute Gasteiger partial charge is 0.296 e. The summed E-state index contributed by atoms with van der Waals surface area (Å²) in [5, 5.41) is 11.0. The highest BCUT2D eigenvalue weighted by Gasteiger charge is 2.24. The molecule has 1 saturated heterocycles. The van der Waals surface area contributed by atoms with Crippen LogP contribution >= 0.6 is 0 Å². The van der Waals surface area contributed by atoms with Crippen molar-refractivity contribution < 1.29 is 14.6 Å². The van der Waals surface area contributed by atoms with Gasteiger partial charge in [0.25, 0.3) is 6.01 Å². The molecular formula is C21H30N6O3. The first-order valence-electron chi connectivity index (χ1n) is 10.3. The van der Waals surface area contributed by atoms with E-state index in [1.54, 1.807) is 23.6 Å². The monoisotopic (exact) mass is 414 g/mol. The van der Waals surface area contributed by atoms with Crippen LogP contribution in [0.5, 0.6) is 6.01 Å². The maximum absolute atomic E-state index is 10.5. The molecule has 0 saturated carbocycles. The van der Waals surface area contributed by atoms with Crippen molar-refractivity contribution in [2.75, 3.05) is 40.5 Å². The van der Waals surface area contributed by atoms with E-state index in [0.717, 1.165) is 25.2 Å². The second kappa shape index (κ2) is 9.03. The number of nitrogens with two attached hydrogens (primary N) is 1. The van der Waals surface area contributed by atoms with Gasteiger partial charge in [0, 0.05) is 20.7 Å². The Morgan fingerprint density at radius 1 is 1.17 bits per heavy atom. The second-order valence-electron chi connectivity index (χ2n) is 7.79. The molecule has 0 aliphatic carbocycles. The first-order valence-corrected chi connectivity index (χ1v) is 10.3. The zero-order valence-corrected chi connectivity index (χ0v) is 17.6. The lowest BCUT2D eigenvalue weighted by atomic mass is 10.1. The minimum atomic E-state index is -0.594. The molecule has 3 N–H and O–H groups in total. The predicted molar refractivity (Wildman–Crippen MR) is 112 cm³/mol. The average molecular weight is 415 g/mol. The van der Waals surface area contributed by atoms with Crippen LogP contribution in [0.25, 0.3) is 5.82 Å². The lowest BCUT2D eigenvalue weighted by molar-refractivity contribution is -0.0405. The molecular weight excluding hydrogens is 384 g/mol. The molecule has 0 amide bonds. The van der Waals surface area contributed by atoms with Gasteiger partial charge >= 0.3 is 0 Å². The van der Waals surface area contributed by atoms with Crippen LogP contribution in [-0.4, -0.2) is 71.3 Å². The third-order valence-corrected chi connectivity index (χ3v) is 5.60. The molecule has 2 aliphatic heterocycles. The van der Waals surface area contributed by atoms with Crippen molar-refractivity contribution in [2.45, 2.75) is 32.3 Å². The second-order valence-corrected chi connectivity index (χ2v) is 7.79. The van der Waals surface area contributed by atoms with Gasteiger partial charge in [-0.05, 0) is 37.1 Å². The number of hydrogen-bond acceptors (Lipinski definition) is 8. The average Bonchev–Trinajstić information content (AvgIpc) is 3.35. The quantitative estimate of drug-likeness (QED) is 0.576. The van der Waals surface area contributed by atoms with Crippen LogP contribution in [0.4, 0.5) is 0 Å². The third-order valence-electron chi connectivity index (χ3n) is 5.60. The molecule has 4 rings (SSSR count). The van der Waals surface area contributed by atoms with Crippen LogP contribution in [0.1, 0.15) is 24.0 Å².